The first-order valence-electron chi connectivity index (χ1n) is 7.09. The Kier molecular flexibility index (Phi) is 3.96. The summed E-state index contributed by atoms with van der Waals surface area (Å²) in [6.07, 6.45) is 1.85. The third kappa shape index (κ3) is 2.82. The topological polar surface area (TPSA) is 24.3 Å². The van der Waals surface area contributed by atoms with Crippen LogP contribution in [0.5, 0.6) is 0 Å². The molecule has 3 rings (SSSR count). The Balaban J connectivity index is 1.70. The predicted molar refractivity (Wildman–Crippen MR) is 83.2 cm³/mol. The van der Waals surface area contributed by atoms with Crippen LogP contribution < -0.4 is 0 Å². The minimum Gasteiger partial charge on any atom is -0.334 e. The first-order valence-corrected chi connectivity index (χ1v) is 7.53. The Morgan fingerprint density at radius 3 is 2.70 bits per heavy atom. The molecule has 0 N–H and O–H groups in total. The first-order chi connectivity index (χ1) is 9.63. The molecule has 2 heterocycles. The minimum absolute atomic E-state index is 0.0322. The van der Waals surface area contributed by atoms with Gasteiger partial charge in [0.15, 0.2) is 0 Å². The van der Waals surface area contributed by atoms with Gasteiger partial charge < -0.3 is 9.47 Å². The van der Waals surface area contributed by atoms with E-state index in [0.29, 0.717) is 0 Å². The molecule has 20 heavy (non-hydrogen) atoms. The maximum atomic E-state index is 6.59. The van der Waals surface area contributed by atoms with E-state index < -0.39 is 0 Å². The summed E-state index contributed by atoms with van der Waals surface area (Å²) in [7, 11) is 4.18. The van der Waals surface area contributed by atoms with Gasteiger partial charge in [0.1, 0.15) is 0 Å². The van der Waals surface area contributed by atoms with Crippen molar-refractivity contribution in [3.8, 4) is 0 Å². The van der Waals surface area contributed by atoms with Crippen molar-refractivity contribution in [3.63, 3.8) is 0 Å². The number of aryl methyl sites for hydroxylation is 1. The number of benzene rings is 1. The molecule has 2 aromatic rings. The molecule has 1 aromatic carbocycles. The molecule has 0 radical (unpaired) electrons. The lowest BCUT2D eigenvalue weighted by molar-refractivity contribution is 0.154. The van der Waals surface area contributed by atoms with E-state index in [1.807, 2.05) is 17.9 Å². The molecule has 0 saturated carbocycles. The molecule has 1 unspecified atom stereocenters. The summed E-state index contributed by atoms with van der Waals surface area (Å²) < 4.78 is 2.03. The lowest BCUT2D eigenvalue weighted by atomic mass is 10.1. The van der Waals surface area contributed by atoms with Crippen molar-refractivity contribution in [2.45, 2.75) is 5.38 Å². The maximum absolute atomic E-state index is 6.59. The zero-order valence-electron chi connectivity index (χ0n) is 12.1. The van der Waals surface area contributed by atoms with Crippen LogP contribution >= 0.6 is 11.6 Å². The van der Waals surface area contributed by atoms with Gasteiger partial charge in [0.2, 0.25) is 0 Å². The van der Waals surface area contributed by atoms with E-state index in [2.05, 4.69) is 40.0 Å². The quantitative estimate of drug-likeness (QED) is 0.810. The van der Waals surface area contributed by atoms with E-state index in [1.54, 1.807) is 0 Å². The summed E-state index contributed by atoms with van der Waals surface area (Å²) >= 11 is 6.59. The van der Waals surface area contributed by atoms with Gasteiger partial charge in [-0.2, -0.15) is 0 Å². The highest BCUT2D eigenvalue weighted by Crippen LogP contribution is 2.25. The van der Waals surface area contributed by atoms with Crippen LogP contribution in [0.3, 0.4) is 0 Å². The molecule has 1 aliphatic rings. The Morgan fingerprint density at radius 1 is 1.20 bits per heavy atom. The minimum atomic E-state index is 0.0322. The summed E-state index contributed by atoms with van der Waals surface area (Å²) in [4.78, 5) is 9.21. The number of aromatic nitrogens is 2. The van der Waals surface area contributed by atoms with E-state index in [1.165, 1.54) is 0 Å². The summed E-state index contributed by atoms with van der Waals surface area (Å²) in [6, 6.07) is 6.35. The van der Waals surface area contributed by atoms with Gasteiger partial charge in [-0.15, -0.1) is 11.6 Å². The highest BCUT2D eigenvalue weighted by molar-refractivity contribution is 6.21. The average molecular weight is 293 g/mol. The summed E-state index contributed by atoms with van der Waals surface area (Å²) in [6.45, 7) is 5.37. The Labute approximate surface area is 124 Å². The van der Waals surface area contributed by atoms with Crippen molar-refractivity contribution < 1.29 is 0 Å². The number of likely N-dealkylation sites (N-methyl/N-ethyl adjacent to an activating group) is 1. The fourth-order valence-corrected chi connectivity index (χ4v) is 3.04. The van der Waals surface area contributed by atoms with E-state index in [0.717, 1.165) is 49.3 Å². The molecule has 1 aliphatic heterocycles. The molecule has 0 aliphatic carbocycles. The number of halogens is 1. The predicted octanol–water partition coefficient (Wildman–Crippen LogP) is 2.10. The molecule has 5 heteroatoms. The SMILES string of the molecule is CN1CCN(CC(Cl)c2ccc3c(c2)ncn3C)CC1. The van der Waals surface area contributed by atoms with Crippen LogP contribution in [0, 0.1) is 0 Å². The molecule has 1 saturated heterocycles. The fraction of sp³-hybridized carbons (Fsp3) is 0.533. The molecule has 0 spiro atoms. The molecule has 108 valence electrons. The second-order valence-corrected chi connectivity index (χ2v) is 6.20. The van der Waals surface area contributed by atoms with Gasteiger partial charge in [0.05, 0.1) is 22.7 Å². The monoisotopic (exact) mass is 292 g/mol. The summed E-state index contributed by atoms with van der Waals surface area (Å²) in [5, 5.41) is 0.0322. The lowest BCUT2D eigenvalue weighted by Gasteiger charge is -2.33. The smallest absolute Gasteiger partial charge is 0.0955 e. The zero-order chi connectivity index (χ0) is 14.1. The van der Waals surface area contributed by atoms with E-state index in [4.69, 9.17) is 11.6 Å². The van der Waals surface area contributed by atoms with Gasteiger partial charge in [0.25, 0.3) is 0 Å². The fourth-order valence-electron chi connectivity index (χ4n) is 2.71. The van der Waals surface area contributed by atoms with E-state index >= 15 is 0 Å². The number of fused-ring (bicyclic) bond motifs is 1. The molecule has 0 bridgehead atoms. The van der Waals surface area contributed by atoms with Crippen LogP contribution in [0.25, 0.3) is 11.0 Å². The molecule has 0 amide bonds. The third-order valence-electron chi connectivity index (χ3n) is 4.13. The average Bonchev–Trinajstić information content (AvgIpc) is 2.82. The summed E-state index contributed by atoms with van der Waals surface area (Å²) in [5.74, 6) is 0. The van der Waals surface area contributed by atoms with Crippen molar-refractivity contribution in [1.82, 2.24) is 19.4 Å². The van der Waals surface area contributed by atoms with Gasteiger partial charge in [0, 0.05) is 39.8 Å². The summed E-state index contributed by atoms with van der Waals surface area (Å²) in [5.41, 5.74) is 3.34. The van der Waals surface area contributed by atoms with Gasteiger partial charge in [-0.1, -0.05) is 6.07 Å². The highest BCUT2D eigenvalue weighted by Gasteiger charge is 2.18. The number of alkyl halides is 1. The Bertz CT molecular complexity index is 587. The second-order valence-electron chi connectivity index (χ2n) is 5.68. The van der Waals surface area contributed by atoms with Crippen molar-refractivity contribution in [2.75, 3.05) is 39.8 Å². The number of rotatable bonds is 3. The largest absolute Gasteiger partial charge is 0.334 e. The molecule has 4 nitrogen and oxygen atoms in total. The van der Waals surface area contributed by atoms with Crippen LogP contribution in [0.2, 0.25) is 0 Å². The normalized spacial score (nSPS) is 19.6. The van der Waals surface area contributed by atoms with Gasteiger partial charge >= 0.3 is 0 Å². The van der Waals surface area contributed by atoms with Gasteiger partial charge in [-0.3, -0.25) is 4.90 Å². The molecule has 1 atom stereocenters. The van der Waals surface area contributed by atoms with Crippen molar-refractivity contribution in [1.29, 1.82) is 0 Å². The molecule has 1 aromatic heterocycles. The van der Waals surface area contributed by atoms with E-state index in [9.17, 15) is 0 Å². The number of hydrogen-bond acceptors (Lipinski definition) is 3. The van der Waals surface area contributed by atoms with Gasteiger partial charge in [-0.05, 0) is 24.7 Å². The zero-order valence-corrected chi connectivity index (χ0v) is 12.8. The number of nitrogens with zero attached hydrogens (tertiary/aromatic N) is 4. The first kappa shape index (κ1) is 13.9. The van der Waals surface area contributed by atoms with Crippen LogP contribution in [0.15, 0.2) is 24.5 Å². The van der Waals surface area contributed by atoms with Gasteiger partial charge in [-0.25, -0.2) is 4.98 Å². The Hall–Kier alpha value is -1.10. The molecular formula is C15H21ClN4. The molecule has 1 fully saturated rings. The van der Waals surface area contributed by atoms with Crippen LogP contribution in [0.4, 0.5) is 0 Å². The van der Waals surface area contributed by atoms with Crippen molar-refractivity contribution in [3.05, 3.63) is 30.1 Å². The van der Waals surface area contributed by atoms with Crippen molar-refractivity contribution in [2.24, 2.45) is 7.05 Å². The Morgan fingerprint density at radius 2 is 1.95 bits per heavy atom. The highest BCUT2D eigenvalue weighted by atomic mass is 35.5. The number of piperazine rings is 1. The van der Waals surface area contributed by atoms with Crippen LogP contribution in [0.1, 0.15) is 10.9 Å². The van der Waals surface area contributed by atoms with E-state index in [-0.39, 0.29) is 5.38 Å². The lowest BCUT2D eigenvalue weighted by Crippen LogP contribution is -2.45. The van der Waals surface area contributed by atoms with Crippen LogP contribution in [-0.4, -0.2) is 59.1 Å². The number of imidazole rings is 1. The molecular weight excluding hydrogens is 272 g/mol. The second kappa shape index (κ2) is 5.72. The maximum Gasteiger partial charge on any atom is 0.0955 e. The van der Waals surface area contributed by atoms with Crippen molar-refractivity contribution >= 4 is 22.6 Å². The van der Waals surface area contributed by atoms with Crippen LogP contribution in [-0.2, 0) is 7.05 Å². The number of hydrogen-bond donors (Lipinski definition) is 0. The standard InChI is InChI=1S/C15H21ClN4/c1-18-5-7-20(8-6-18)10-13(16)12-3-4-15-14(9-12)17-11-19(15)2/h3-4,9,11,13H,5-8,10H2,1-2H3. The third-order valence-corrected chi connectivity index (χ3v) is 4.52.